The molecule has 0 radical (unpaired) electrons. The van der Waals surface area contributed by atoms with E-state index >= 15 is 0 Å². The lowest BCUT2D eigenvalue weighted by Crippen LogP contribution is -2.34. The van der Waals surface area contributed by atoms with Gasteiger partial charge in [0.2, 0.25) is 15.9 Å². The number of nitrogens with one attached hydrogen (secondary N) is 2. The molecule has 0 fully saturated rings. The maximum atomic E-state index is 11.2. The number of sulfonamides is 1. The van der Waals surface area contributed by atoms with Gasteiger partial charge in [0.05, 0.1) is 5.75 Å². The van der Waals surface area contributed by atoms with Crippen molar-refractivity contribution in [3.05, 3.63) is 0 Å². The number of hydrogen-bond donors (Lipinski definition) is 3. The molecule has 0 unspecified atom stereocenters. The van der Waals surface area contributed by atoms with Gasteiger partial charge in [0.25, 0.3) is 0 Å². The van der Waals surface area contributed by atoms with Crippen LogP contribution in [0.25, 0.3) is 0 Å². The Labute approximate surface area is 97.0 Å². The molecular weight excluding hydrogens is 230 g/mol. The lowest BCUT2D eigenvalue weighted by molar-refractivity contribution is -0.121. The summed E-state index contributed by atoms with van der Waals surface area (Å²) in [5.41, 5.74) is 5.13. The van der Waals surface area contributed by atoms with Crippen molar-refractivity contribution in [1.29, 1.82) is 0 Å². The summed E-state index contributed by atoms with van der Waals surface area (Å²) in [6, 6.07) is 0. The molecule has 0 aliphatic heterocycles. The molecule has 0 saturated heterocycles. The molecule has 0 rings (SSSR count). The summed E-state index contributed by atoms with van der Waals surface area (Å²) < 4.78 is 24.6. The third-order valence-electron chi connectivity index (χ3n) is 1.77. The monoisotopic (exact) mass is 251 g/mol. The fourth-order valence-corrected chi connectivity index (χ4v) is 1.82. The molecule has 0 bridgehead atoms. The van der Waals surface area contributed by atoms with E-state index < -0.39 is 10.0 Å². The normalized spacial score (nSPS) is 11.8. The van der Waals surface area contributed by atoms with E-state index in [0.29, 0.717) is 12.5 Å². The quantitative estimate of drug-likeness (QED) is 0.516. The minimum Gasteiger partial charge on any atom is -0.356 e. The van der Waals surface area contributed by atoms with Gasteiger partial charge in [0.15, 0.2) is 0 Å². The van der Waals surface area contributed by atoms with Gasteiger partial charge in [-0.05, 0) is 5.92 Å². The van der Waals surface area contributed by atoms with Gasteiger partial charge in [-0.15, -0.1) is 0 Å². The highest BCUT2D eigenvalue weighted by atomic mass is 32.2. The molecule has 0 aromatic heterocycles. The average Bonchev–Trinajstić information content (AvgIpc) is 2.14. The van der Waals surface area contributed by atoms with E-state index in [-0.39, 0.29) is 31.2 Å². The van der Waals surface area contributed by atoms with Crippen LogP contribution in [0, 0.1) is 5.92 Å². The Kier molecular flexibility index (Phi) is 7.27. The molecule has 16 heavy (non-hydrogen) atoms. The minimum atomic E-state index is -3.31. The van der Waals surface area contributed by atoms with Crippen LogP contribution in [0.15, 0.2) is 0 Å². The summed E-state index contributed by atoms with van der Waals surface area (Å²) in [6.07, 6.45) is 0.149. The molecule has 0 heterocycles. The number of carbonyl (C=O) groups is 1. The highest BCUT2D eigenvalue weighted by Crippen LogP contribution is 1.89. The van der Waals surface area contributed by atoms with Crippen molar-refractivity contribution in [2.75, 3.05) is 25.4 Å². The molecule has 0 spiro atoms. The van der Waals surface area contributed by atoms with Crippen molar-refractivity contribution in [3.63, 3.8) is 0 Å². The summed E-state index contributed by atoms with van der Waals surface area (Å²) in [6.45, 7) is 4.78. The summed E-state index contributed by atoms with van der Waals surface area (Å²) >= 11 is 0. The van der Waals surface area contributed by atoms with Crippen LogP contribution < -0.4 is 15.8 Å². The van der Waals surface area contributed by atoms with Gasteiger partial charge in [0, 0.05) is 26.1 Å². The van der Waals surface area contributed by atoms with Gasteiger partial charge in [-0.1, -0.05) is 13.8 Å². The molecule has 0 atom stereocenters. The van der Waals surface area contributed by atoms with Crippen LogP contribution >= 0.6 is 0 Å². The number of hydrogen-bond acceptors (Lipinski definition) is 4. The first kappa shape index (κ1) is 15.3. The van der Waals surface area contributed by atoms with Crippen molar-refractivity contribution >= 4 is 15.9 Å². The van der Waals surface area contributed by atoms with Gasteiger partial charge < -0.3 is 11.1 Å². The molecule has 0 aromatic rings. The van der Waals surface area contributed by atoms with E-state index in [4.69, 9.17) is 5.73 Å². The van der Waals surface area contributed by atoms with Crippen LogP contribution in [0.4, 0.5) is 0 Å². The van der Waals surface area contributed by atoms with Crippen molar-refractivity contribution in [1.82, 2.24) is 10.0 Å². The van der Waals surface area contributed by atoms with Crippen molar-refractivity contribution < 1.29 is 13.2 Å². The maximum absolute atomic E-state index is 11.2. The first-order valence-corrected chi connectivity index (χ1v) is 6.96. The fourth-order valence-electron chi connectivity index (χ4n) is 0.954. The summed E-state index contributed by atoms with van der Waals surface area (Å²) in [4.78, 5) is 11.2. The van der Waals surface area contributed by atoms with Crippen LogP contribution in [0.1, 0.15) is 20.3 Å². The van der Waals surface area contributed by atoms with Crippen molar-refractivity contribution in [3.8, 4) is 0 Å². The van der Waals surface area contributed by atoms with Crippen LogP contribution in [0.5, 0.6) is 0 Å². The van der Waals surface area contributed by atoms with Gasteiger partial charge in [-0.3, -0.25) is 4.79 Å². The molecule has 0 aromatic carbocycles. The molecule has 4 N–H and O–H groups in total. The van der Waals surface area contributed by atoms with Crippen molar-refractivity contribution in [2.24, 2.45) is 11.7 Å². The Morgan fingerprint density at radius 2 is 2.00 bits per heavy atom. The lowest BCUT2D eigenvalue weighted by atomic mass is 10.2. The first-order chi connectivity index (χ1) is 7.37. The predicted molar refractivity (Wildman–Crippen MR) is 63.3 cm³/mol. The highest BCUT2D eigenvalue weighted by Gasteiger charge is 2.09. The van der Waals surface area contributed by atoms with Crippen LogP contribution in [0.3, 0.4) is 0 Å². The van der Waals surface area contributed by atoms with E-state index in [1.165, 1.54) is 0 Å². The number of amides is 1. The Bertz CT molecular complexity index is 301. The molecule has 1 amide bonds. The van der Waals surface area contributed by atoms with Crippen LogP contribution in [-0.2, 0) is 14.8 Å². The Morgan fingerprint density at radius 1 is 1.38 bits per heavy atom. The lowest BCUT2D eigenvalue weighted by Gasteiger charge is -2.08. The second-order valence-electron chi connectivity index (χ2n) is 3.95. The number of nitrogens with two attached hydrogens (primary N) is 1. The average molecular weight is 251 g/mol. The number of carbonyl (C=O) groups excluding carboxylic acids is 1. The van der Waals surface area contributed by atoms with E-state index in [9.17, 15) is 13.2 Å². The zero-order valence-corrected chi connectivity index (χ0v) is 10.6. The van der Waals surface area contributed by atoms with Crippen LogP contribution in [-0.4, -0.2) is 39.7 Å². The second-order valence-corrected chi connectivity index (χ2v) is 5.88. The zero-order valence-electron chi connectivity index (χ0n) is 9.82. The molecular formula is C9H21N3O3S. The van der Waals surface area contributed by atoms with E-state index in [0.717, 1.165) is 0 Å². The smallest absolute Gasteiger partial charge is 0.221 e. The minimum absolute atomic E-state index is 0.0783. The Hall–Kier alpha value is -0.660. The van der Waals surface area contributed by atoms with E-state index in [1.807, 2.05) is 13.8 Å². The molecule has 0 saturated carbocycles. The Balaban J connectivity index is 3.70. The van der Waals surface area contributed by atoms with Crippen LogP contribution in [0.2, 0.25) is 0 Å². The fraction of sp³-hybridized carbons (Fsp3) is 0.889. The van der Waals surface area contributed by atoms with Gasteiger partial charge in [-0.25, -0.2) is 13.1 Å². The zero-order chi connectivity index (χ0) is 12.6. The van der Waals surface area contributed by atoms with Gasteiger partial charge in [0.1, 0.15) is 0 Å². The van der Waals surface area contributed by atoms with Gasteiger partial charge >= 0.3 is 0 Å². The molecule has 7 heteroatoms. The topological polar surface area (TPSA) is 101 Å². The largest absolute Gasteiger partial charge is 0.356 e. The first-order valence-electron chi connectivity index (χ1n) is 5.31. The number of rotatable bonds is 8. The summed E-state index contributed by atoms with van der Waals surface area (Å²) in [5, 5.41) is 2.70. The SMILES string of the molecule is CC(C)CNC(=O)CCNS(=O)(=O)CCN. The third kappa shape index (κ3) is 8.63. The molecule has 6 nitrogen and oxygen atoms in total. The predicted octanol–water partition coefficient (Wildman–Crippen LogP) is -0.973. The summed E-state index contributed by atoms with van der Waals surface area (Å²) in [7, 11) is -3.31. The standard InChI is InChI=1S/C9H21N3O3S/c1-8(2)7-11-9(13)3-5-12-16(14,15)6-4-10/h8,12H,3-7,10H2,1-2H3,(H,11,13). The van der Waals surface area contributed by atoms with Crippen molar-refractivity contribution in [2.45, 2.75) is 20.3 Å². The summed E-state index contributed by atoms with van der Waals surface area (Å²) in [5.74, 6) is 0.127. The van der Waals surface area contributed by atoms with E-state index in [1.54, 1.807) is 0 Å². The second kappa shape index (κ2) is 7.59. The Morgan fingerprint density at radius 3 is 2.50 bits per heavy atom. The maximum Gasteiger partial charge on any atom is 0.221 e. The highest BCUT2D eigenvalue weighted by molar-refractivity contribution is 7.89. The molecule has 0 aliphatic rings. The van der Waals surface area contributed by atoms with E-state index in [2.05, 4.69) is 10.0 Å². The van der Waals surface area contributed by atoms with Gasteiger partial charge in [-0.2, -0.15) is 0 Å². The third-order valence-corrected chi connectivity index (χ3v) is 3.19. The molecule has 96 valence electrons. The molecule has 0 aliphatic carbocycles.